The molecule has 134 valence electrons. The van der Waals surface area contributed by atoms with Crippen LogP contribution in [0.25, 0.3) is 10.9 Å². The quantitative estimate of drug-likeness (QED) is 0.610. The number of hydrogen-bond donors (Lipinski definition) is 3. The minimum absolute atomic E-state index is 0.0264. The molecule has 1 aromatic heterocycles. The van der Waals surface area contributed by atoms with E-state index < -0.39 is 17.9 Å². The molecule has 3 aromatic rings. The van der Waals surface area contributed by atoms with Gasteiger partial charge in [0.1, 0.15) is 11.9 Å². The number of fused-ring (bicyclic) bond motifs is 1. The number of rotatable bonds is 7. The van der Waals surface area contributed by atoms with Gasteiger partial charge >= 0.3 is 5.97 Å². The van der Waals surface area contributed by atoms with Crippen molar-refractivity contribution in [3.8, 4) is 0 Å². The summed E-state index contributed by atoms with van der Waals surface area (Å²) in [7, 11) is 0. The molecule has 0 aliphatic rings. The average Bonchev–Trinajstić information content (AvgIpc) is 3.03. The maximum absolute atomic E-state index is 13.6. The number of carboxylic acid groups (broad SMARTS) is 1. The highest BCUT2D eigenvalue weighted by Crippen LogP contribution is 2.19. The summed E-state index contributed by atoms with van der Waals surface area (Å²) in [6, 6.07) is 12.8. The van der Waals surface area contributed by atoms with Crippen LogP contribution >= 0.6 is 0 Å². The molecular formula is C20H19FN2O3. The lowest BCUT2D eigenvalue weighted by Crippen LogP contribution is -2.42. The van der Waals surface area contributed by atoms with Gasteiger partial charge in [0.15, 0.2) is 0 Å². The summed E-state index contributed by atoms with van der Waals surface area (Å²) >= 11 is 0. The molecule has 0 saturated carbocycles. The van der Waals surface area contributed by atoms with E-state index in [0.29, 0.717) is 5.56 Å². The first-order chi connectivity index (χ1) is 12.5. The van der Waals surface area contributed by atoms with E-state index in [0.717, 1.165) is 16.5 Å². The highest BCUT2D eigenvalue weighted by Gasteiger charge is 2.21. The predicted octanol–water partition coefficient (Wildman–Crippen LogP) is 3.05. The third-order valence-corrected chi connectivity index (χ3v) is 4.31. The lowest BCUT2D eigenvalue weighted by Gasteiger charge is -2.14. The highest BCUT2D eigenvalue weighted by atomic mass is 19.1. The number of carboxylic acids is 1. The van der Waals surface area contributed by atoms with Crippen molar-refractivity contribution in [2.24, 2.45) is 0 Å². The zero-order chi connectivity index (χ0) is 18.5. The number of benzene rings is 2. The lowest BCUT2D eigenvalue weighted by molar-refractivity contribution is -0.141. The number of aliphatic carboxylic acids is 1. The van der Waals surface area contributed by atoms with E-state index >= 15 is 0 Å². The Hall–Kier alpha value is -3.15. The summed E-state index contributed by atoms with van der Waals surface area (Å²) in [6.07, 6.45) is 2.17. The Kier molecular flexibility index (Phi) is 5.31. The van der Waals surface area contributed by atoms with Crippen molar-refractivity contribution in [2.75, 3.05) is 0 Å². The number of carbonyl (C=O) groups is 2. The molecule has 1 atom stereocenters. The molecule has 0 aliphatic carbocycles. The monoisotopic (exact) mass is 354 g/mol. The van der Waals surface area contributed by atoms with Crippen molar-refractivity contribution in [3.05, 3.63) is 71.7 Å². The Labute approximate surface area is 149 Å². The molecule has 3 rings (SSSR count). The van der Waals surface area contributed by atoms with Crippen LogP contribution < -0.4 is 5.32 Å². The number of H-pyrrole nitrogens is 1. The Balaban J connectivity index is 1.64. The molecule has 5 nitrogen and oxygen atoms in total. The van der Waals surface area contributed by atoms with Gasteiger partial charge in [-0.25, -0.2) is 9.18 Å². The van der Waals surface area contributed by atoms with E-state index in [-0.39, 0.29) is 25.1 Å². The van der Waals surface area contributed by atoms with Gasteiger partial charge in [0.2, 0.25) is 5.91 Å². The Morgan fingerprint density at radius 2 is 1.81 bits per heavy atom. The van der Waals surface area contributed by atoms with E-state index in [1.165, 1.54) is 6.07 Å². The molecule has 0 saturated heterocycles. The van der Waals surface area contributed by atoms with Crippen molar-refractivity contribution in [3.63, 3.8) is 0 Å². The molecule has 6 heteroatoms. The summed E-state index contributed by atoms with van der Waals surface area (Å²) in [6.45, 7) is 0. The normalized spacial score (nSPS) is 12.0. The van der Waals surface area contributed by atoms with Crippen LogP contribution in [0.15, 0.2) is 54.7 Å². The topological polar surface area (TPSA) is 82.2 Å². The second kappa shape index (κ2) is 7.82. The second-order valence-electron chi connectivity index (χ2n) is 6.11. The van der Waals surface area contributed by atoms with Crippen molar-refractivity contribution in [1.82, 2.24) is 10.3 Å². The van der Waals surface area contributed by atoms with Crippen LogP contribution in [-0.4, -0.2) is 28.0 Å². The Bertz CT molecular complexity index is 935. The standard InChI is InChI=1S/C20H19FN2O3/c21-16-7-3-1-5-13(16)9-10-19(24)23-18(20(25)26)11-14-12-22-17-8-4-2-6-15(14)17/h1-8,12,18,22H,9-11H2,(H,23,24)(H,25,26)/t18-/m0/s1. The smallest absolute Gasteiger partial charge is 0.326 e. The number of aromatic amines is 1. The van der Waals surface area contributed by atoms with Crippen LogP contribution in [0.5, 0.6) is 0 Å². The van der Waals surface area contributed by atoms with Gasteiger partial charge in [-0.2, -0.15) is 0 Å². The van der Waals surface area contributed by atoms with Crippen LogP contribution in [0.3, 0.4) is 0 Å². The number of halogens is 1. The summed E-state index contributed by atoms with van der Waals surface area (Å²) in [4.78, 5) is 26.8. The van der Waals surface area contributed by atoms with E-state index in [4.69, 9.17) is 0 Å². The van der Waals surface area contributed by atoms with Gasteiger partial charge in [-0.15, -0.1) is 0 Å². The van der Waals surface area contributed by atoms with Gasteiger partial charge in [0, 0.05) is 29.9 Å². The fourth-order valence-electron chi connectivity index (χ4n) is 2.94. The third kappa shape index (κ3) is 4.08. The zero-order valence-corrected chi connectivity index (χ0v) is 14.0. The first-order valence-corrected chi connectivity index (χ1v) is 8.35. The number of nitrogens with one attached hydrogen (secondary N) is 2. The average molecular weight is 354 g/mol. The van der Waals surface area contributed by atoms with Gasteiger partial charge in [-0.1, -0.05) is 36.4 Å². The maximum Gasteiger partial charge on any atom is 0.326 e. The van der Waals surface area contributed by atoms with Gasteiger partial charge < -0.3 is 15.4 Å². The van der Waals surface area contributed by atoms with Crippen LogP contribution in [-0.2, 0) is 22.4 Å². The minimum Gasteiger partial charge on any atom is -0.480 e. The molecule has 0 aliphatic heterocycles. The molecule has 1 heterocycles. The second-order valence-corrected chi connectivity index (χ2v) is 6.11. The SMILES string of the molecule is O=C(CCc1ccccc1F)N[C@@H](Cc1c[nH]c2ccccc12)C(=O)O. The van der Waals surface area contributed by atoms with Gasteiger partial charge in [0.05, 0.1) is 0 Å². The van der Waals surface area contributed by atoms with E-state index in [1.807, 2.05) is 24.3 Å². The van der Waals surface area contributed by atoms with Gasteiger partial charge in [-0.3, -0.25) is 4.79 Å². The van der Waals surface area contributed by atoms with Crippen molar-refractivity contribution in [2.45, 2.75) is 25.3 Å². The van der Waals surface area contributed by atoms with E-state index in [9.17, 15) is 19.1 Å². The molecule has 0 radical (unpaired) electrons. The molecule has 0 unspecified atom stereocenters. The fourth-order valence-corrected chi connectivity index (χ4v) is 2.94. The van der Waals surface area contributed by atoms with E-state index in [1.54, 1.807) is 24.4 Å². The summed E-state index contributed by atoms with van der Waals surface area (Å²) < 4.78 is 13.6. The minimum atomic E-state index is -1.10. The molecule has 0 bridgehead atoms. The molecule has 1 amide bonds. The summed E-state index contributed by atoms with van der Waals surface area (Å²) in [5.41, 5.74) is 2.17. The van der Waals surface area contributed by atoms with Crippen LogP contribution in [0.4, 0.5) is 4.39 Å². The van der Waals surface area contributed by atoms with E-state index in [2.05, 4.69) is 10.3 Å². The lowest BCUT2D eigenvalue weighted by atomic mass is 10.0. The third-order valence-electron chi connectivity index (χ3n) is 4.31. The highest BCUT2D eigenvalue weighted by molar-refractivity contribution is 5.86. The van der Waals surface area contributed by atoms with Crippen LogP contribution in [0.2, 0.25) is 0 Å². The summed E-state index contributed by atoms with van der Waals surface area (Å²) in [5, 5.41) is 12.9. The molecular weight excluding hydrogens is 335 g/mol. The first-order valence-electron chi connectivity index (χ1n) is 8.35. The molecule has 2 aromatic carbocycles. The number of amides is 1. The van der Waals surface area contributed by atoms with Crippen molar-refractivity contribution in [1.29, 1.82) is 0 Å². The Morgan fingerprint density at radius 3 is 2.58 bits per heavy atom. The van der Waals surface area contributed by atoms with Gasteiger partial charge in [-0.05, 0) is 29.7 Å². The maximum atomic E-state index is 13.6. The number of carbonyl (C=O) groups excluding carboxylic acids is 1. The summed E-state index contributed by atoms with van der Waals surface area (Å²) in [5.74, 6) is -1.89. The number of aryl methyl sites for hydroxylation is 1. The van der Waals surface area contributed by atoms with Gasteiger partial charge in [0.25, 0.3) is 0 Å². The number of hydrogen-bond acceptors (Lipinski definition) is 2. The largest absolute Gasteiger partial charge is 0.480 e. The Morgan fingerprint density at radius 1 is 1.08 bits per heavy atom. The number of aromatic nitrogens is 1. The number of para-hydroxylation sites is 1. The van der Waals surface area contributed by atoms with Crippen molar-refractivity contribution >= 4 is 22.8 Å². The van der Waals surface area contributed by atoms with Crippen LogP contribution in [0.1, 0.15) is 17.5 Å². The molecule has 26 heavy (non-hydrogen) atoms. The molecule has 0 fully saturated rings. The molecule has 3 N–H and O–H groups in total. The fraction of sp³-hybridized carbons (Fsp3) is 0.200. The van der Waals surface area contributed by atoms with Crippen LogP contribution in [0, 0.1) is 5.82 Å². The first kappa shape index (κ1) is 17.7. The van der Waals surface area contributed by atoms with Crippen molar-refractivity contribution < 1.29 is 19.1 Å². The zero-order valence-electron chi connectivity index (χ0n) is 14.0. The molecule has 0 spiro atoms. The predicted molar refractivity (Wildman–Crippen MR) is 96.3 cm³/mol.